The third kappa shape index (κ3) is 3.02. The zero-order chi connectivity index (χ0) is 19.1. The van der Waals surface area contributed by atoms with E-state index < -0.39 is 11.9 Å². The first-order chi connectivity index (χ1) is 13.7. The van der Waals surface area contributed by atoms with Gasteiger partial charge in [0.25, 0.3) is 5.91 Å². The second kappa shape index (κ2) is 6.56. The van der Waals surface area contributed by atoms with E-state index >= 15 is 0 Å². The predicted molar refractivity (Wildman–Crippen MR) is 101 cm³/mol. The largest absolute Gasteiger partial charge is 0.337 e. The maximum atomic E-state index is 12.6. The summed E-state index contributed by atoms with van der Waals surface area (Å²) in [5, 5.41) is 13.6. The van der Waals surface area contributed by atoms with E-state index in [4.69, 9.17) is 0 Å². The number of carbonyl (C=O) groups is 2. The number of carbonyl (C=O) groups excluding carboxylic acids is 2. The first-order valence-electron chi connectivity index (χ1n) is 9.21. The molecule has 1 aliphatic heterocycles. The van der Waals surface area contributed by atoms with Gasteiger partial charge in [0.2, 0.25) is 11.7 Å². The number of pyridine rings is 1. The minimum Gasteiger partial charge on any atom is -0.337 e. The van der Waals surface area contributed by atoms with Crippen molar-refractivity contribution in [2.24, 2.45) is 5.92 Å². The van der Waals surface area contributed by atoms with Gasteiger partial charge in [-0.3, -0.25) is 9.59 Å². The first-order valence-corrected chi connectivity index (χ1v) is 9.21. The molecular weight excluding hydrogens is 356 g/mol. The number of benzene rings is 1. The van der Waals surface area contributed by atoms with Crippen LogP contribution in [0, 0.1) is 5.92 Å². The van der Waals surface area contributed by atoms with Gasteiger partial charge in [0.15, 0.2) is 0 Å². The lowest BCUT2D eigenvalue weighted by molar-refractivity contribution is -0.118. The molecule has 0 spiro atoms. The lowest BCUT2D eigenvalue weighted by atomic mass is 10.1. The van der Waals surface area contributed by atoms with Crippen LogP contribution in [0.15, 0.2) is 48.7 Å². The average Bonchev–Trinajstić information content (AvgIpc) is 3.37. The molecule has 1 aliphatic carbocycles. The van der Waals surface area contributed by atoms with E-state index in [1.54, 1.807) is 6.20 Å². The molecule has 0 radical (unpaired) electrons. The molecule has 140 valence electrons. The van der Waals surface area contributed by atoms with E-state index in [1.807, 2.05) is 42.5 Å². The summed E-state index contributed by atoms with van der Waals surface area (Å²) in [5.41, 5.74) is 2.10. The first kappa shape index (κ1) is 16.6. The summed E-state index contributed by atoms with van der Waals surface area (Å²) in [6, 6.07) is 13.0. The van der Waals surface area contributed by atoms with Gasteiger partial charge in [-0.15, -0.1) is 10.2 Å². The minimum atomic E-state index is -0.616. The van der Waals surface area contributed by atoms with Gasteiger partial charge in [-0.2, -0.15) is 0 Å². The van der Waals surface area contributed by atoms with Crippen LogP contribution in [0.2, 0.25) is 0 Å². The topological polar surface area (TPSA) is 113 Å². The van der Waals surface area contributed by atoms with Crippen LogP contribution < -0.4 is 10.6 Å². The summed E-state index contributed by atoms with van der Waals surface area (Å²) < 4.78 is 0. The quantitative estimate of drug-likeness (QED) is 0.643. The third-order valence-electron chi connectivity index (χ3n) is 5.28. The number of rotatable bonds is 4. The van der Waals surface area contributed by atoms with Gasteiger partial charge in [-0.1, -0.05) is 36.4 Å². The van der Waals surface area contributed by atoms with Gasteiger partial charge in [0, 0.05) is 12.6 Å². The summed E-state index contributed by atoms with van der Waals surface area (Å²) in [7, 11) is 0. The lowest BCUT2D eigenvalue weighted by Crippen LogP contribution is -2.45. The van der Waals surface area contributed by atoms with E-state index in [2.05, 4.69) is 30.8 Å². The SMILES string of the molecule is O=C(NC1C(=O)Nc2ncccc2C2CC12)c1nnc(Cc2ccccc2)[nH]1. The van der Waals surface area contributed by atoms with Crippen LogP contribution in [0.3, 0.4) is 0 Å². The van der Waals surface area contributed by atoms with Crippen molar-refractivity contribution in [3.8, 4) is 0 Å². The van der Waals surface area contributed by atoms with Crippen LogP contribution in [0.5, 0.6) is 0 Å². The summed E-state index contributed by atoms with van der Waals surface area (Å²) in [6.07, 6.45) is 3.06. The highest BCUT2D eigenvalue weighted by molar-refractivity contribution is 6.01. The number of amides is 2. The number of aromatic amines is 1. The summed E-state index contributed by atoms with van der Waals surface area (Å²) >= 11 is 0. The van der Waals surface area contributed by atoms with Gasteiger partial charge >= 0.3 is 0 Å². The number of nitrogens with one attached hydrogen (secondary N) is 3. The highest BCUT2D eigenvalue weighted by atomic mass is 16.2. The number of fused-ring (bicyclic) bond motifs is 3. The number of nitrogens with zero attached hydrogens (tertiary/aromatic N) is 3. The second-order valence-corrected chi connectivity index (χ2v) is 7.17. The van der Waals surface area contributed by atoms with E-state index in [9.17, 15) is 9.59 Å². The molecule has 1 aromatic carbocycles. The van der Waals surface area contributed by atoms with Crippen LogP contribution in [-0.2, 0) is 11.2 Å². The van der Waals surface area contributed by atoms with Crippen molar-refractivity contribution in [3.63, 3.8) is 0 Å². The number of hydrogen-bond acceptors (Lipinski definition) is 5. The Morgan fingerprint density at radius 1 is 1.14 bits per heavy atom. The summed E-state index contributed by atoms with van der Waals surface area (Å²) in [4.78, 5) is 32.4. The number of hydrogen-bond donors (Lipinski definition) is 3. The molecule has 0 bridgehead atoms. The van der Waals surface area contributed by atoms with E-state index in [0.29, 0.717) is 18.1 Å². The molecule has 8 heteroatoms. The molecule has 3 atom stereocenters. The summed E-state index contributed by atoms with van der Waals surface area (Å²) in [6.45, 7) is 0. The maximum Gasteiger partial charge on any atom is 0.289 e. The fourth-order valence-corrected chi connectivity index (χ4v) is 3.80. The molecule has 8 nitrogen and oxygen atoms in total. The Labute approximate surface area is 160 Å². The van der Waals surface area contributed by atoms with Crippen molar-refractivity contribution in [3.05, 3.63) is 71.4 Å². The Kier molecular flexibility index (Phi) is 3.89. The lowest BCUT2D eigenvalue weighted by Gasteiger charge is -2.15. The van der Waals surface area contributed by atoms with Crippen molar-refractivity contribution in [1.82, 2.24) is 25.5 Å². The highest BCUT2D eigenvalue weighted by Gasteiger charge is 2.51. The molecule has 1 fully saturated rings. The van der Waals surface area contributed by atoms with Crippen molar-refractivity contribution in [2.75, 3.05) is 5.32 Å². The summed E-state index contributed by atoms with van der Waals surface area (Å²) in [5.74, 6) is 0.913. The monoisotopic (exact) mass is 374 g/mol. The highest BCUT2D eigenvalue weighted by Crippen LogP contribution is 2.52. The zero-order valence-electron chi connectivity index (χ0n) is 14.9. The van der Waals surface area contributed by atoms with Crippen molar-refractivity contribution in [2.45, 2.75) is 24.8 Å². The smallest absolute Gasteiger partial charge is 0.289 e. The maximum absolute atomic E-state index is 12.6. The Hall–Kier alpha value is -3.55. The third-order valence-corrected chi connectivity index (χ3v) is 5.28. The number of aromatic nitrogens is 4. The zero-order valence-corrected chi connectivity index (χ0v) is 14.9. The molecular formula is C20H18N6O2. The van der Waals surface area contributed by atoms with Crippen LogP contribution in [0.1, 0.15) is 39.9 Å². The molecule has 3 aromatic rings. The van der Waals surface area contributed by atoms with Crippen molar-refractivity contribution in [1.29, 1.82) is 0 Å². The van der Waals surface area contributed by atoms with Crippen LogP contribution >= 0.6 is 0 Å². The average molecular weight is 374 g/mol. The Bertz CT molecular complexity index is 1050. The molecule has 2 aliphatic rings. The number of H-pyrrole nitrogens is 1. The molecule has 28 heavy (non-hydrogen) atoms. The molecule has 2 amide bonds. The van der Waals surface area contributed by atoms with Gasteiger partial charge in [-0.25, -0.2) is 4.98 Å². The molecule has 3 unspecified atom stereocenters. The molecule has 3 N–H and O–H groups in total. The standard InChI is InChI=1S/C20H18N6O2/c27-19-16(14-10-13(14)12-7-4-8-21-17(12)24-19)23-20(28)18-22-15(25-26-18)9-11-5-2-1-3-6-11/h1-8,13-14,16H,9-10H2,(H,23,28)(H,21,24,27)(H,22,25,26). The molecule has 2 aromatic heterocycles. The van der Waals surface area contributed by atoms with Gasteiger partial charge in [0.1, 0.15) is 17.7 Å². The fraction of sp³-hybridized carbons (Fsp3) is 0.250. The molecule has 0 saturated heterocycles. The molecule has 3 heterocycles. The van der Waals surface area contributed by atoms with Gasteiger partial charge in [-0.05, 0) is 35.4 Å². The van der Waals surface area contributed by atoms with Crippen LogP contribution in [0.4, 0.5) is 5.82 Å². The van der Waals surface area contributed by atoms with Gasteiger partial charge in [0.05, 0.1) is 0 Å². The predicted octanol–water partition coefficient (Wildman–Crippen LogP) is 1.64. The van der Waals surface area contributed by atoms with Gasteiger partial charge < -0.3 is 15.6 Å². The molecule has 5 rings (SSSR count). The Balaban J connectivity index is 1.29. The Morgan fingerprint density at radius 2 is 2.00 bits per heavy atom. The fourth-order valence-electron chi connectivity index (χ4n) is 3.80. The molecule has 1 saturated carbocycles. The van der Waals surface area contributed by atoms with E-state index in [-0.39, 0.29) is 23.6 Å². The second-order valence-electron chi connectivity index (χ2n) is 7.17. The van der Waals surface area contributed by atoms with Crippen molar-refractivity contribution >= 4 is 17.6 Å². The van der Waals surface area contributed by atoms with E-state index in [0.717, 1.165) is 17.5 Å². The number of anilines is 1. The van der Waals surface area contributed by atoms with Crippen LogP contribution in [0.25, 0.3) is 0 Å². The van der Waals surface area contributed by atoms with E-state index in [1.165, 1.54) is 0 Å². The Morgan fingerprint density at radius 3 is 2.86 bits per heavy atom. The minimum absolute atomic E-state index is 0.0705. The normalized spacial score (nSPS) is 22.4. The van der Waals surface area contributed by atoms with Crippen LogP contribution in [-0.4, -0.2) is 38.0 Å². The van der Waals surface area contributed by atoms with Crippen molar-refractivity contribution < 1.29 is 9.59 Å².